The van der Waals surface area contributed by atoms with Crippen LogP contribution in [0.4, 0.5) is 5.82 Å². The van der Waals surface area contributed by atoms with E-state index in [1.807, 2.05) is 6.92 Å². The number of nitrogens with zero attached hydrogens (tertiary/aromatic N) is 2. The standard InChI is InChI=1S/C11H11Cl2N3O/c1-6(5-17)14-11-10(13)15-9-4-7(12)2-3-8(9)16-11/h2-4,6,17H,5H2,1H3,(H,14,16). The molecule has 0 aliphatic heterocycles. The molecule has 1 heterocycles. The van der Waals surface area contributed by atoms with E-state index in [0.717, 1.165) is 0 Å². The van der Waals surface area contributed by atoms with Gasteiger partial charge in [-0.1, -0.05) is 23.2 Å². The van der Waals surface area contributed by atoms with Gasteiger partial charge in [0, 0.05) is 11.1 Å². The van der Waals surface area contributed by atoms with Crippen molar-refractivity contribution in [3.63, 3.8) is 0 Å². The molecule has 6 heteroatoms. The SMILES string of the molecule is CC(CO)Nc1nc2ccc(Cl)cc2nc1Cl. The zero-order valence-electron chi connectivity index (χ0n) is 9.11. The van der Waals surface area contributed by atoms with Crippen molar-refractivity contribution in [3.8, 4) is 0 Å². The first-order valence-electron chi connectivity index (χ1n) is 5.10. The summed E-state index contributed by atoms with van der Waals surface area (Å²) in [6.07, 6.45) is 0. The number of hydrogen-bond acceptors (Lipinski definition) is 4. The second-order valence-corrected chi connectivity index (χ2v) is 4.52. The summed E-state index contributed by atoms with van der Waals surface area (Å²) in [5.74, 6) is 0.461. The minimum absolute atomic E-state index is 0.00331. The minimum Gasteiger partial charge on any atom is -0.394 e. The van der Waals surface area contributed by atoms with Crippen molar-refractivity contribution in [1.82, 2.24) is 9.97 Å². The van der Waals surface area contributed by atoms with E-state index in [2.05, 4.69) is 15.3 Å². The van der Waals surface area contributed by atoms with Crippen molar-refractivity contribution in [2.75, 3.05) is 11.9 Å². The Hall–Kier alpha value is -1.10. The molecule has 17 heavy (non-hydrogen) atoms. The average molecular weight is 272 g/mol. The highest BCUT2D eigenvalue weighted by Crippen LogP contribution is 2.23. The summed E-state index contributed by atoms with van der Waals surface area (Å²) in [4.78, 5) is 8.53. The van der Waals surface area contributed by atoms with Crippen LogP contribution in [-0.2, 0) is 0 Å². The van der Waals surface area contributed by atoms with Gasteiger partial charge in [0.05, 0.1) is 17.6 Å². The van der Waals surface area contributed by atoms with Gasteiger partial charge in [0.2, 0.25) is 0 Å². The monoisotopic (exact) mass is 271 g/mol. The van der Waals surface area contributed by atoms with Gasteiger partial charge >= 0.3 is 0 Å². The molecule has 0 aliphatic carbocycles. The lowest BCUT2D eigenvalue weighted by Crippen LogP contribution is -2.20. The molecule has 0 bridgehead atoms. The summed E-state index contributed by atoms with van der Waals surface area (Å²) in [6, 6.07) is 5.09. The van der Waals surface area contributed by atoms with Gasteiger partial charge in [-0.05, 0) is 25.1 Å². The molecule has 2 N–H and O–H groups in total. The molecule has 2 aromatic rings. The Morgan fingerprint density at radius 3 is 2.76 bits per heavy atom. The van der Waals surface area contributed by atoms with Crippen molar-refractivity contribution in [2.24, 2.45) is 0 Å². The highest BCUT2D eigenvalue weighted by Gasteiger charge is 2.09. The van der Waals surface area contributed by atoms with Crippen molar-refractivity contribution >= 4 is 40.1 Å². The van der Waals surface area contributed by atoms with E-state index >= 15 is 0 Å². The second-order valence-electron chi connectivity index (χ2n) is 3.72. The maximum absolute atomic E-state index is 8.97. The van der Waals surface area contributed by atoms with Crippen LogP contribution in [0.3, 0.4) is 0 Å². The number of halogens is 2. The molecule has 1 aromatic heterocycles. The van der Waals surface area contributed by atoms with E-state index in [1.165, 1.54) is 0 Å². The third-order valence-electron chi connectivity index (χ3n) is 2.24. The molecule has 1 unspecified atom stereocenters. The quantitative estimate of drug-likeness (QED) is 0.902. The summed E-state index contributed by atoms with van der Waals surface area (Å²) in [7, 11) is 0. The van der Waals surface area contributed by atoms with E-state index < -0.39 is 0 Å². The molecule has 0 fully saturated rings. The Balaban J connectivity index is 2.44. The van der Waals surface area contributed by atoms with Crippen molar-refractivity contribution in [1.29, 1.82) is 0 Å². The van der Waals surface area contributed by atoms with Crippen LogP contribution >= 0.6 is 23.2 Å². The first-order chi connectivity index (χ1) is 8.10. The van der Waals surface area contributed by atoms with Crippen LogP contribution in [0.2, 0.25) is 10.2 Å². The fourth-order valence-corrected chi connectivity index (χ4v) is 1.73. The Bertz CT molecular complexity index is 547. The fraction of sp³-hybridized carbons (Fsp3) is 0.273. The highest BCUT2D eigenvalue weighted by molar-refractivity contribution is 6.32. The Labute approximate surface area is 109 Å². The van der Waals surface area contributed by atoms with Gasteiger partial charge in [0.1, 0.15) is 0 Å². The number of anilines is 1. The third kappa shape index (κ3) is 2.77. The van der Waals surface area contributed by atoms with E-state index in [0.29, 0.717) is 21.9 Å². The van der Waals surface area contributed by atoms with Crippen LogP contribution in [0, 0.1) is 0 Å². The van der Waals surface area contributed by atoms with E-state index in [1.54, 1.807) is 18.2 Å². The van der Waals surface area contributed by atoms with E-state index in [4.69, 9.17) is 28.3 Å². The highest BCUT2D eigenvalue weighted by atomic mass is 35.5. The molecule has 0 spiro atoms. The smallest absolute Gasteiger partial charge is 0.172 e. The van der Waals surface area contributed by atoms with Gasteiger partial charge in [0.25, 0.3) is 0 Å². The van der Waals surface area contributed by atoms with E-state index in [9.17, 15) is 0 Å². The van der Waals surface area contributed by atoms with Gasteiger partial charge in [-0.25, -0.2) is 9.97 Å². The predicted molar refractivity (Wildman–Crippen MR) is 69.7 cm³/mol. The number of aliphatic hydroxyl groups excluding tert-OH is 1. The van der Waals surface area contributed by atoms with Crippen molar-refractivity contribution in [3.05, 3.63) is 28.4 Å². The zero-order chi connectivity index (χ0) is 12.4. The Morgan fingerprint density at radius 1 is 1.29 bits per heavy atom. The second kappa shape index (κ2) is 5.04. The van der Waals surface area contributed by atoms with E-state index in [-0.39, 0.29) is 17.8 Å². The van der Waals surface area contributed by atoms with Gasteiger partial charge in [0.15, 0.2) is 11.0 Å². The van der Waals surface area contributed by atoms with Crippen LogP contribution in [0.15, 0.2) is 18.2 Å². The predicted octanol–water partition coefficient (Wildman–Crippen LogP) is 2.73. The van der Waals surface area contributed by atoms with Gasteiger partial charge < -0.3 is 10.4 Å². The Morgan fingerprint density at radius 2 is 2.06 bits per heavy atom. The molecular formula is C11H11Cl2N3O. The molecular weight excluding hydrogens is 261 g/mol. The first kappa shape index (κ1) is 12.4. The number of rotatable bonds is 3. The maximum Gasteiger partial charge on any atom is 0.172 e. The van der Waals surface area contributed by atoms with Crippen LogP contribution in [0.25, 0.3) is 11.0 Å². The molecule has 1 aromatic carbocycles. The van der Waals surface area contributed by atoms with Gasteiger partial charge in [-0.15, -0.1) is 0 Å². The summed E-state index contributed by atoms with van der Waals surface area (Å²) < 4.78 is 0. The fourth-order valence-electron chi connectivity index (χ4n) is 1.38. The number of hydrogen-bond donors (Lipinski definition) is 2. The number of aliphatic hydroxyl groups is 1. The summed E-state index contributed by atoms with van der Waals surface area (Å²) in [6.45, 7) is 1.82. The molecule has 0 saturated heterocycles. The molecule has 90 valence electrons. The number of aromatic nitrogens is 2. The van der Waals surface area contributed by atoms with Crippen LogP contribution in [0.1, 0.15) is 6.92 Å². The first-order valence-corrected chi connectivity index (χ1v) is 5.86. The molecule has 4 nitrogen and oxygen atoms in total. The normalized spacial score (nSPS) is 12.7. The molecule has 1 atom stereocenters. The van der Waals surface area contributed by atoms with Gasteiger partial charge in [-0.3, -0.25) is 0 Å². The minimum atomic E-state index is -0.133. The number of benzene rings is 1. The summed E-state index contributed by atoms with van der Waals surface area (Å²) in [5, 5.41) is 12.8. The summed E-state index contributed by atoms with van der Waals surface area (Å²) >= 11 is 11.9. The average Bonchev–Trinajstić information content (AvgIpc) is 2.30. The largest absolute Gasteiger partial charge is 0.394 e. The van der Waals surface area contributed by atoms with Crippen LogP contribution < -0.4 is 5.32 Å². The third-order valence-corrected chi connectivity index (χ3v) is 2.74. The van der Waals surface area contributed by atoms with Crippen LogP contribution in [-0.4, -0.2) is 27.7 Å². The number of fused-ring (bicyclic) bond motifs is 1. The number of nitrogens with one attached hydrogen (secondary N) is 1. The topological polar surface area (TPSA) is 58.0 Å². The lowest BCUT2D eigenvalue weighted by atomic mass is 10.3. The lowest BCUT2D eigenvalue weighted by Gasteiger charge is -2.12. The lowest BCUT2D eigenvalue weighted by molar-refractivity contribution is 0.281. The molecule has 0 saturated carbocycles. The molecule has 0 aliphatic rings. The van der Waals surface area contributed by atoms with Crippen molar-refractivity contribution in [2.45, 2.75) is 13.0 Å². The summed E-state index contributed by atoms with van der Waals surface area (Å²) in [5.41, 5.74) is 1.34. The Kier molecular flexibility index (Phi) is 3.66. The van der Waals surface area contributed by atoms with Gasteiger partial charge in [-0.2, -0.15) is 0 Å². The molecule has 0 radical (unpaired) electrons. The molecule has 0 amide bonds. The van der Waals surface area contributed by atoms with Crippen LogP contribution in [0.5, 0.6) is 0 Å². The zero-order valence-corrected chi connectivity index (χ0v) is 10.6. The van der Waals surface area contributed by atoms with Crippen molar-refractivity contribution < 1.29 is 5.11 Å². The molecule has 2 rings (SSSR count). The maximum atomic E-state index is 8.97.